The van der Waals surface area contributed by atoms with Gasteiger partial charge in [-0.05, 0) is 26.0 Å². The largest absolute Gasteiger partial charge is 0.480 e. The summed E-state index contributed by atoms with van der Waals surface area (Å²) in [5, 5.41) is 11.8. The number of aliphatic carboxylic acids is 1. The number of aromatic nitrogens is 2. The maximum atomic E-state index is 12.2. The SMILES string of the molecule is Cc1cc(C)cc(C(=O)N[C@H](Cc2cnc[nH]2)C(=O)O)c1. The Hall–Kier alpha value is -2.63. The molecule has 0 bridgehead atoms. The topological polar surface area (TPSA) is 95.1 Å². The van der Waals surface area contributed by atoms with Crippen LogP contribution < -0.4 is 5.32 Å². The minimum Gasteiger partial charge on any atom is -0.480 e. The van der Waals surface area contributed by atoms with Gasteiger partial charge in [-0.2, -0.15) is 0 Å². The van der Waals surface area contributed by atoms with Crippen molar-refractivity contribution in [2.45, 2.75) is 26.3 Å². The van der Waals surface area contributed by atoms with Crippen LogP contribution in [0, 0.1) is 13.8 Å². The van der Waals surface area contributed by atoms with Gasteiger partial charge in [0.1, 0.15) is 6.04 Å². The predicted octanol–water partition coefficient (Wildman–Crippen LogP) is 1.45. The summed E-state index contributed by atoms with van der Waals surface area (Å²) >= 11 is 0. The summed E-state index contributed by atoms with van der Waals surface area (Å²) in [4.78, 5) is 30.1. The Balaban J connectivity index is 2.12. The Bertz CT molecular complexity index is 630. The number of amides is 1. The van der Waals surface area contributed by atoms with Gasteiger partial charge < -0.3 is 15.4 Å². The minimum absolute atomic E-state index is 0.159. The van der Waals surface area contributed by atoms with E-state index in [2.05, 4.69) is 15.3 Å². The number of H-pyrrole nitrogens is 1. The molecule has 3 N–H and O–H groups in total. The van der Waals surface area contributed by atoms with Crippen molar-refractivity contribution in [1.82, 2.24) is 15.3 Å². The molecular formula is C15H17N3O3. The second-order valence-electron chi connectivity index (χ2n) is 5.02. The molecule has 6 heteroatoms. The smallest absolute Gasteiger partial charge is 0.326 e. The van der Waals surface area contributed by atoms with Crippen molar-refractivity contribution < 1.29 is 14.7 Å². The molecule has 1 atom stereocenters. The molecule has 2 aromatic rings. The van der Waals surface area contributed by atoms with Crippen molar-refractivity contribution in [3.8, 4) is 0 Å². The van der Waals surface area contributed by atoms with Crippen LogP contribution >= 0.6 is 0 Å². The highest BCUT2D eigenvalue weighted by Crippen LogP contribution is 2.09. The van der Waals surface area contributed by atoms with Gasteiger partial charge in [0.25, 0.3) is 5.91 Å². The normalized spacial score (nSPS) is 11.9. The van der Waals surface area contributed by atoms with Crippen molar-refractivity contribution in [3.05, 3.63) is 53.1 Å². The van der Waals surface area contributed by atoms with Gasteiger partial charge in [0.15, 0.2) is 0 Å². The monoisotopic (exact) mass is 287 g/mol. The van der Waals surface area contributed by atoms with Gasteiger partial charge in [-0.3, -0.25) is 4.79 Å². The Labute approximate surface area is 122 Å². The van der Waals surface area contributed by atoms with Crippen LogP contribution in [-0.2, 0) is 11.2 Å². The Morgan fingerprint density at radius 3 is 2.48 bits per heavy atom. The minimum atomic E-state index is -1.08. The van der Waals surface area contributed by atoms with Crippen LogP contribution in [0.3, 0.4) is 0 Å². The summed E-state index contributed by atoms with van der Waals surface area (Å²) in [6.45, 7) is 3.78. The van der Waals surface area contributed by atoms with Gasteiger partial charge in [0.05, 0.1) is 6.33 Å². The quantitative estimate of drug-likeness (QED) is 0.775. The summed E-state index contributed by atoms with van der Waals surface area (Å²) in [6, 6.07) is 4.42. The summed E-state index contributed by atoms with van der Waals surface area (Å²) in [5.74, 6) is -1.48. The van der Waals surface area contributed by atoms with Crippen LogP contribution in [0.25, 0.3) is 0 Å². The third-order valence-corrected chi connectivity index (χ3v) is 3.07. The van der Waals surface area contributed by atoms with E-state index < -0.39 is 17.9 Å². The number of carbonyl (C=O) groups is 2. The fourth-order valence-corrected chi connectivity index (χ4v) is 2.16. The molecule has 0 fully saturated rings. The lowest BCUT2D eigenvalue weighted by atomic mass is 10.1. The number of benzene rings is 1. The number of aryl methyl sites for hydroxylation is 2. The van der Waals surface area contributed by atoms with Gasteiger partial charge in [0.2, 0.25) is 0 Å². The van der Waals surface area contributed by atoms with Crippen LogP contribution in [0.4, 0.5) is 0 Å². The molecule has 2 rings (SSSR count). The van der Waals surface area contributed by atoms with E-state index in [0.29, 0.717) is 11.3 Å². The summed E-state index contributed by atoms with van der Waals surface area (Å²) in [6.07, 6.45) is 3.17. The van der Waals surface area contributed by atoms with E-state index in [1.807, 2.05) is 19.9 Å². The van der Waals surface area contributed by atoms with Crippen molar-refractivity contribution in [1.29, 1.82) is 0 Å². The first-order valence-corrected chi connectivity index (χ1v) is 6.55. The van der Waals surface area contributed by atoms with Crippen molar-refractivity contribution in [3.63, 3.8) is 0 Å². The van der Waals surface area contributed by atoms with Crippen molar-refractivity contribution in [2.75, 3.05) is 0 Å². The molecule has 1 aromatic heterocycles. The van der Waals surface area contributed by atoms with Crippen LogP contribution in [0.5, 0.6) is 0 Å². The van der Waals surface area contributed by atoms with E-state index in [9.17, 15) is 14.7 Å². The first-order chi connectivity index (χ1) is 9.95. The number of aromatic amines is 1. The predicted molar refractivity (Wildman–Crippen MR) is 77.1 cm³/mol. The highest BCUT2D eigenvalue weighted by atomic mass is 16.4. The molecule has 0 saturated carbocycles. The lowest BCUT2D eigenvalue weighted by molar-refractivity contribution is -0.139. The van der Waals surface area contributed by atoms with E-state index in [4.69, 9.17) is 0 Å². The van der Waals surface area contributed by atoms with E-state index in [1.165, 1.54) is 6.33 Å². The molecule has 0 spiro atoms. The number of rotatable bonds is 5. The van der Waals surface area contributed by atoms with Gasteiger partial charge in [-0.15, -0.1) is 0 Å². The maximum Gasteiger partial charge on any atom is 0.326 e. The zero-order valence-corrected chi connectivity index (χ0v) is 11.9. The number of nitrogens with one attached hydrogen (secondary N) is 2. The van der Waals surface area contributed by atoms with Gasteiger partial charge in [-0.1, -0.05) is 17.2 Å². The van der Waals surface area contributed by atoms with Crippen LogP contribution in [-0.4, -0.2) is 33.0 Å². The fourth-order valence-electron chi connectivity index (χ4n) is 2.16. The first kappa shape index (κ1) is 14.8. The van der Waals surface area contributed by atoms with E-state index in [-0.39, 0.29) is 6.42 Å². The molecule has 1 aromatic carbocycles. The molecule has 0 saturated heterocycles. The summed E-state index contributed by atoms with van der Waals surface area (Å²) in [5.41, 5.74) is 3.03. The van der Waals surface area contributed by atoms with Crippen LogP contribution in [0.1, 0.15) is 27.2 Å². The summed E-state index contributed by atoms with van der Waals surface area (Å²) < 4.78 is 0. The van der Waals surface area contributed by atoms with E-state index >= 15 is 0 Å². The average Bonchev–Trinajstić information content (AvgIpc) is 2.89. The molecule has 0 radical (unpaired) electrons. The van der Waals surface area contributed by atoms with Gasteiger partial charge in [0, 0.05) is 23.9 Å². The lowest BCUT2D eigenvalue weighted by Crippen LogP contribution is -2.42. The number of imidazole rings is 1. The molecule has 0 aliphatic carbocycles. The molecule has 0 unspecified atom stereocenters. The Morgan fingerprint density at radius 2 is 1.95 bits per heavy atom. The zero-order chi connectivity index (χ0) is 15.4. The highest BCUT2D eigenvalue weighted by Gasteiger charge is 2.21. The second-order valence-corrected chi connectivity index (χ2v) is 5.02. The molecule has 6 nitrogen and oxygen atoms in total. The molecular weight excluding hydrogens is 270 g/mol. The summed E-state index contributed by atoms with van der Waals surface area (Å²) in [7, 11) is 0. The molecule has 0 aliphatic rings. The number of nitrogens with zero attached hydrogens (tertiary/aromatic N) is 1. The molecule has 110 valence electrons. The number of carbonyl (C=O) groups excluding carboxylic acids is 1. The standard InChI is InChI=1S/C15H17N3O3/c1-9-3-10(2)5-11(4-9)14(19)18-13(15(20)21)6-12-7-16-8-17-12/h3-5,7-8,13H,6H2,1-2H3,(H,16,17)(H,18,19)(H,20,21)/t13-/m1/s1. The van der Waals surface area contributed by atoms with Crippen LogP contribution in [0.15, 0.2) is 30.7 Å². The van der Waals surface area contributed by atoms with Gasteiger partial charge in [-0.25, -0.2) is 9.78 Å². The lowest BCUT2D eigenvalue weighted by Gasteiger charge is -2.14. The Morgan fingerprint density at radius 1 is 1.29 bits per heavy atom. The first-order valence-electron chi connectivity index (χ1n) is 6.55. The third kappa shape index (κ3) is 3.92. The molecule has 21 heavy (non-hydrogen) atoms. The number of carboxylic acid groups (broad SMARTS) is 1. The average molecular weight is 287 g/mol. The number of hydrogen-bond acceptors (Lipinski definition) is 3. The number of carboxylic acids is 1. The molecule has 0 aliphatic heterocycles. The second kappa shape index (κ2) is 6.21. The van der Waals surface area contributed by atoms with Gasteiger partial charge >= 0.3 is 5.97 Å². The number of hydrogen-bond donors (Lipinski definition) is 3. The van der Waals surface area contributed by atoms with Crippen molar-refractivity contribution in [2.24, 2.45) is 0 Å². The fraction of sp³-hybridized carbons (Fsp3) is 0.267. The van der Waals surface area contributed by atoms with Crippen LogP contribution in [0.2, 0.25) is 0 Å². The highest BCUT2D eigenvalue weighted by molar-refractivity contribution is 5.97. The zero-order valence-electron chi connectivity index (χ0n) is 11.9. The molecule has 1 heterocycles. The van der Waals surface area contributed by atoms with E-state index in [1.54, 1.807) is 18.3 Å². The Kier molecular flexibility index (Phi) is 4.37. The van der Waals surface area contributed by atoms with Crippen molar-refractivity contribution >= 4 is 11.9 Å². The maximum absolute atomic E-state index is 12.2. The third-order valence-electron chi connectivity index (χ3n) is 3.07. The van der Waals surface area contributed by atoms with E-state index in [0.717, 1.165) is 11.1 Å². The molecule has 1 amide bonds.